The molecule has 0 radical (unpaired) electrons. The van der Waals surface area contributed by atoms with Crippen LogP contribution in [0.25, 0.3) is 0 Å². The first-order valence-electron chi connectivity index (χ1n) is 9.45. The fraction of sp³-hybridized carbons (Fsp3) is 0.409. The summed E-state index contributed by atoms with van der Waals surface area (Å²) in [5, 5.41) is 3.34. The molecule has 1 unspecified atom stereocenters. The number of hydrogen-bond donors (Lipinski definition) is 1. The lowest BCUT2D eigenvalue weighted by Gasteiger charge is -2.29. The second-order valence-corrected chi connectivity index (χ2v) is 7.57. The summed E-state index contributed by atoms with van der Waals surface area (Å²) < 4.78 is 10.5. The monoisotopic (exact) mass is 366 g/mol. The van der Waals surface area contributed by atoms with Crippen LogP contribution in [0.5, 0.6) is 11.5 Å². The van der Waals surface area contributed by atoms with Gasteiger partial charge >= 0.3 is 0 Å². The molecule has 142 valence electrons. The lowest BCUT2D eigenvalue weighted by molar-refractivity contribution is 0.0901. The van der Waals surface area contributed by atoms with Crippen LogP contribution >= 0.6 is 0 Å². The van der Waals surface area contributed by atoms with E-state index in [0.29, 0.717) is 0 Å². The van der Waals surface area contributed by atoms with Crippen molar-refractivity contribution in [3.63, 3.8) is 0 Å². The molecule has 1 fully saturated rings. The number of carbonyl (C=O) groups is 1. The molecule has 27 heavy (non-hydrogen) atoms. The van der Waals surface area contributed by atoms with Gasteiger partial charge < -0.3 is 14.8 Å². The molecular formula is C22H26N2O3. The number of hydrogen-bond acceptors (Lipinski definition) is 4. The summed E-state index contributed by atoms with van der Waals surface area (Å²) in [6.07, 6.45) is 2.87. The molecule has 0 aromatic heterocycles. The Kier molecular flexibility index (Phi) is 4.79. The molecule has 0 saturated carbocycles. The van der Waals surface area contributed by atoms with Gasteiger partial charge in [0.05, 0.1) is 19.8 Å². The van der Waals surface area contributed by atoms with Crippen LogP contribution in [0.2, 0.25) is 0 Å². The molecular weight excluding hydrogens is 340 g/mol. The summed E-state index contributed by atoms with van der Waals surface area (Å²) in [7, 11) is 3.31. The molecule has 2 aliphatic heterocycles. The molecule has 1 atom stereocenters. The summed E-state index contributed by atoms with van der Waals surface area (Å²) in [5.41, 5.74) is 2.98. The topological polar surface area (TPSA) is 50.8 Å². The van der Waals surface area contributed by atoms with Gasteiger partial charge in [-0.1, -0.05) is 18.2 Å². The molecule has 1 amide bonds. The first-order chi connectivity index (χ1) is 13.1. The highest BCUT2D eigenvalue weighted by atomic mass is 16.5. The maximum atomic E-state index is 12.9. The van der Waals surface area contributed by atoms with Gasteiger partial charge in [0.25, 0.3) is 5.91 Å². The molecule has 2 aromatic rings. The predicted octanol–water partition coefficient (Wildman–Crippen LogP) is 3.02. The van der Waals surface area contributed by atoms with Crippen LogP contribution in [0, 0.1) is 0 Å². The Morgan fingerprint density at radius 1 is 1.04 bits per heavy atom. The highest BCUT2D eigenvalue weighted by Crippen LogP contribution is 2.32. The molecule has 1 N–H and O–H groups in total. The largest absolute Gasteiger partial charge is 0.497 e. The van der Waals surface area contributed by atoms with E-state index in [4.69, 9.17) is 9.47 Å². The molecule has 2 heterocycles. The van der Waals surface area contributed by atoms with Gasteiger partial charge in [-0.15, -0.1) is 0 Å². The van der Waals surface area contributed by atoms with Crippen molar-refractivity contribution in [1.82, 2.24) is 10.2 Å². The Morgan fingerprint density at radius 2 is 1.78 bits per heavy atom. The standard InChI is InChI=1S/C22H26N2O3/c1-26-18-6-3-16(4-7-18)14-24-12-11-22(15-24)10-9-17-5-8-19(27-2)13-20(17)21(25)23-22/h3-8,13H,9-12,14-15H2,1-2H3,(H,23,25). The van der Waals surface area contributed by atoms with Crippen molar-refractivity contribution < 1.29 is 14.3 Å². The van der Waals surface area contributed by atoms with Crippen LogP contribution in [0.1, 0.15) is 34.3 Å². The first kappa shape index (κ1) is 17.9. The average Bonchev–Trinajstić information content (AvgIpc) is 3.02. The first-order valence-corrected chi connectivity index (χ1v) is 9.45. The molecule has 5 heteroatoms. The summed E-state index contributed by atoms with van der Waals surface area (Å²) >= 11 is 0. The van der Waals surface area contributed by atoms with Gasteiger partial charge in [-0.2, -0.15) is 0 Å². The van der Waals surface area contributed by atoms with Gasteiger partial charge in [0.15, 0.2) is 0 Å². The van der Waals surface area contributed by atoms with Crippen LogP contribution in [0.3, 0.4) is 0 Å². The number of ether oxygens (including phenoxy) is 2. The average molecular weight is 366 g/mol. The SMILES string of the molecule is COc1ccc(CN2CCC3(CCc4ccc(OC)cc4C(=O)N3)C2)cc1. The molecule has 1 spiro atoms. The zero-order valence-electron chi connectivity index (χ0n) is 16.0. The maximum Gasteiger partial charge on any atom is 0.252 e. The van der Waals surface area contributed by atoms with E-state index < -0.39 is 0 Å². The van der Waals surface area contributed by atoms with Gasteiger partial charge in [0.2, 0.25) is 0 Å². The van der Waals surface area contributed by atoms with E-state index in [1.807, 2.05) is 30.3 Å². The fourth-order valence-electron chi connectivity index (χ4n) is 4.24. The highest BCUT2D eigenvalue weighted by Gasteiger charge is 2.41. The van der Waals surface area contributed by atoms with Crippen LogP contribution in [0.15, 0.2) is 42.5 Å². The van der Waals surface area contributed by atoms with Crippen molar-refractivity contribution in [3.05, 3.63) is 59.2 Å². The minimum atomic E-state index is -0.143. The fourth-order valence-corrected chi connectivity index (χ4v) is 4.24. The second kappa shape index (κ2) is 7.24. The van der Waals surface area contributed by atoms with Gasteiger partial charge in [-0.05, 0) is 54.7 Å². The molecule has 2 aliphatic rings. The van der Waals surface area contributed by atoms with Crippen molar-refractivity contribution in [3.8, 4) is 11.5 Å². The van der Waals surface area contributed by atoms with Crippen LogP contribution in [-0.2, 0) is 13.0 Å². The maximum absolute atomic E-state index is 12.9. The van der Waals surface area contributed by atoms with Crippen molar-refractivity contribution in [2.45, 2.75) is 31.3 Å². The van der Waals surface area contributed by atoms with Crippen molar-refractivity contribution >= 4 is 5.91 Å². The lowest BCUT2D eigenvalue weighted by Crippen LogP contribution is -2.49. The number of nitrogens with one attached hydrogen (secondary N) is 1. The van der Waals surface area contributed by atoms with Gasteiger partial charge in [-0.25, -0.2) is 0 Å². The molecule has 0 bridgehead atoms. The molecule has 1 saturated heterocycles. The second-order valence-electron chi connectivity index (χ2n) is 7.57. The third-order valence-corrected chi connectivity index (χ3v) is 5.81. The summed E-state index contributed by atoms with van der Waals surface area (Å²) in [6, 6.07) is 14.0. The number of fused-ring (bicyclic) bond motifs is 1. The summed E-state index contributed by atoms with van der Waals surface area (Å²) in [4.78, 5) is 15.3. The number of likely N-dealkylation sites (tertiary alicyclic amines) is 1. The Balaban J connectivity index is 1.46. The summed E-state index contributed by atoms with van der Waals surface area (Å²) in [5.74, 6) is 1.63. The number of nitrogens with zero attached hydrogens (tertiary/aromatic N) is 1. The number of amides is 1. The Hall–Kier alpha value is -2.53. The summed E-state index contributed by atoms with van der Waals surface area (Å²) in [6.45, 7) is 2.77. The third-order valence-electron chi connectivity index (χ3n) is 5.81. The third kappa shape index (κ3) is 3.65. The zero-order chi connectivity index (χ0) is 18.9. The van der Waals surface area contributed by atoms with Crippen molar-refractivity contribution in [1.29, 1.82) is 0 Å². The Bertz CT molecular complexity index is 834. The molecule has 2 aromatic carbocycles. The molecule has 4 rings (SSSR count). The van der Waals surface area contributed by atoms with Gasteiger partial charge in [0, 0.05) is 25.2 Å². The Labute approximate surface area is 160 Å². The van der Waals surface area contributed by atoms with E-state index in [1.165, 1.54) is 5.56 Å². The normalized spacial score (nSPS) is 22.2. The van der Waals surface area contributed by atoms with E-state index in [1.54, 1.807) is 14.2 Å². The quantitative estimate of drug-likeness (QED) is 0.904. The van der Waals surface area contributed by atoms with Crippen molar-refractivity contribution in [2.24, 2.45) is 0 Å². The minimum absolute atomic E-state index is 0.0210. The number of benzene rings is 2. The minimum Gasteiger partial charge on any atom is -0.497 e. The predicted molar refractivity (Wildman–Crippen MR) is 104 cm³/mol. The number of carbonyl (C=O) groups excluding carboxylic acids is 1. The lowest BCUT2D eigenvalue weighted by atomic mass is 9.91. The van der Waals surface area contributed by atoms with E-state index in [0.717, 1.165) is 61.5 Å². The highest BCUT2D eigenvalue weighted by molar-refractivity contribution is 5.97. The van der Waals surface area contributed by atoms with Crippen LogP contribution in [-0.4, -0.2) is 43.7 Å². The molecule has 0 aliphatic carbocycles. The Morgan fingerprint density at radius 3 is 2.52 bits per heavy atom. The smallest absolute Gasteiger partial charge is 0.252 e. The van der Waals surface area contributed by atoms with Crippen LogP contribution in [0.4, 0.5) is 0 Å². The molecule has 5 nitrogen and oxygen atoms in total. The van der Waals surface area contributed by atoms with Gasteiger partial charge in [0.1, 0.15) is 11.5 Å². The van der Waals surface area contributed by atoms with E-state index in [9.17, 15) is 4.79 Å². The van der Waals surface area contributed by atoms with Crippen molar-refractivity contribution in [2.75, 3.05) is 27.3 Å². The van der Waals surface area contributed by atoms with E-state index >= 15 is 0 Å². The van der Waals surface area contributed by atoms with Gasteiger partial charge in [-0.3, -0.25) is 9.69 Å². The number of methoxy groups -OCH3 is 2. The zero-order valence-corrected chi connectivity index (χ0v) is 16.0. The van der Waals surface area contributed by atoms with Crippen LogP contribution < -0.4 is 14.8 Å². The van der Waals surface area contributed by atoms with E-state index in [2.05, 4.69) is 22.3 Å². The van der Waals surface area contributed by atoms with E-state index in [-0.39, 0.29) is 11.4 Å². The number of aryl methyl sites for hydroxylation is 1. The number of rotatable bonds is 4.